The fourth-order valence-electron chi connectivity index (χ4n) is 4.40. The number of ether oxygens (including phenoxy) is 4. The van der Waals surface area contributed by atoms with Gasteiger partial charge in [-0.1, -0.05) is 94.4 Å². The molecule has 4 atom stereocenters. The number of methoxy groups -OCH3 is 1. The number of hydrogen-bond acceptors (Lipinski definition) is 6. The normalized spacial score (nSPS) is 16.2. The summed E-state index contributed by atoms with van der Waals surface area (Å²) < 4.78 is 30.1. The number of hydrogen-bond donors (Lipinski definition) is 1. The average Bonchev–Trinajstić information content (AvgIpc) is 2.94. The van der Waals surface area contributed by atoms with E-state index in [4.69, 9.17) is 23.4 Å². The maximum atomic E-state index is 11.9. The van der Waals surface area contributed by atoms with Gasteiger partial charge in [0.1, 0.15) is 19.7 Å². The molecule has 1 amide bonds. The van der Waals surface area contributed by atoms with Crippen LogP contribution in [0.4, 0.5) is 0 Å². The molecule has 0 radical (unpaired) electrons. The molecule has 0 saturated carbocycles. The quantitative estimate of drug-likeness (QED) is 0.0269. The van der Waals surface area contributed by atoms with E-state index >= 15 is 0 Å². The molecular weight excluding hydrogens is 635 g/mol. The Kier molecular flexibility index (Phi) is 22.6. The molecule has 0 unspecified atom stereocenters. The summed E-state index contributed by atoms with van der Waals surface area (Å²) >= 11 is 0. The molecular formula is C39H71NO6Si2. The Labute approximate surface area is 297 Å². The van der Waals surface area contributed by atoms with Crippen LogP contribution in [-0.2, 0) is 28.2 Å². The predicted molar refractivity (Wildman–Crippen MR) is 209 cm³/mol. The molecule has 0 fully saturated rings. The van der Waals surface area contributed by atoms with Crippen molar-refractivity contribution in [1.82, 2.24) is 5.32 Å². The standard InChI is InChI=1S/C39H71NO6Si2/c1-16-35(44-29-42-10)36(46-48(14,15)39(7,8)9)21-19-17-18-20-32(4)28-37(45-30-43-24-25-47(11,12)13)34(6)27-33(5)22-23-40-38(41)26-31(2)3/h16-18,20,22-23,26-27,34-37H,1,19,21,24-25,28-30H2,2-15H3,(H,40,41)/b18-17+,23-22+,32-20+,33-27+/t34-,35-,36-,37-/m1/s1. The summed E-state index contributed by atoms with van der Waals surface area (Å²) in [6, 6.07) is 1.11. The molecule has 276 valence electrons. The lowest BCUT2D eigenvalue weighted by Gasteiger charge is -2.40. The van der Waals surface area contributed by atoms with E-state index in [-0.39, 0.29) is 48.8 Å². The Morgan fingerprint density at radius 2 is 1.65 bits per heavy atom. The Hall–Kier alpha value is -1.86. The van der Waals surface area contributed by atoms with Gasteiger partial charge in [0.25, 0.3) is 0 Å². The highest BCUT2D eigenvalue weighted by Gasteiger charge is 2.40. The highest BCUT2D eigenvalue weighted by atomic mass is 28.4. The molecule has 0 rings (SSSR count). The van der Waals surface area contributed by atoms with Crippen molar-refractivity contribution in [2.24, 2.45) is 5.92 Å². The van der Waals surface area contributed by atoms with Crippen molar-refractivity contribution in [3.63, 3.8) is 0 Å². The van der Waals surface area contributed by atoms with Gasteiger partial charge in [-0.3, -0.25) is 4.79 Å². The van der Waals surface area contributed by atoms with Gasteiger partial charge in [0.05, 0.1) is 12.2 Å². The first-order valence-corrected chi connectivity index (χ1v) is 24.1. The number of nitrogens with one attached hydrogen (secondary N) is 1. The zero-order valence-corrected chi connectivity index (χ0v) is 35.0. The monoisotopic (exact) mass is 705 g/mol. The third kappa shape index (κ3) is 22.0. The van der Waals surface area contributed by atoms with Crippen LogP contribution < -0.4 is 5.32 Å². The van der Waals surface area contributed by atoms with Crippen molar-refractivity contribution in [2.45, 2.75) is 137 Å². The second-order valence-corrected chi connectivity index (χ2v) is 26.2. The van der Waals surface area contributed by atoms with Gasteiger partial charge in [0, 0.05) is 40.0 Å². The Bertz CT molecular complexity index is 1090. The lowest BCUT2D eigenvalue weighted by Crippen LogP contribution is -2.47. The predicted octanol–water partition coefficient (Wildman–Crippen LogP) is 10.1. The molecule has 0 heterocycles. The van der Waals surface area contributed by atoms with Crippen LogP contribution in [0.1, 0.15) is 74.7 Å². The minimum Gasteiger partial charge on any atom is -0.411 e. The van der Waals surface area contributed by atoms with Crippen LogP contribution in [0.3, 0.4) is 0 Å². The molecule has 0 aliphatic rings. The van der Waals surface area contributed by atoms with Crippen LogP contribution in [0.15, 0.2) is 72.0 Å². The van der Waals surface area contributed by atoms with Gasteiger partial charge < -0.3 is 28.7 Å². The van der Waals surface area contributed by atoms with Crippen LogP contribution in [0.5, 0.6) is 0 Å². The molecule has 1 N–H and O–H groups in total. The molecule has 48 heavy (non-hydrogen) atoms. The van der Waals surface area contributed by atoms with E-state index in [2.05, 4.69) is 104 Å². The lowest BCUT2D eigenvalue weighted by molar-refractivity contribution is -0.115. The number of allylic oxidation sites excluding steroid dienone is 6. The fraction of sp³-hybridized carbons (Fsp3) is 0.667. The molecule has 7 nitrogen and oxygen atoms in total. The van der Waals surface area contributed by atoms with E-state index < -0.39 is 16.4 Å². The zero-order chi connectivity index (χ0) is 37.0. The number of carbonyl (C=O) groups is 1. The maximum Gasteiger partial charge on any atom is 0.247 e. The van der Waals surface area contributed by atoms with Crippen molar-refractivity contribution in [1.29, 1.82) is 0 Å². The van der Waals surface area contributed by atoms with E-state index in [0.717, 1.165) is 43.1 Å². The summed E-state index contributed by atoms with van der Waals surface area (Å²) in [5.74, 6) is 0.00317. The number of carbonyl (C=O) groups excluding carboxylic acids is 1. The molecule has 0 bridgehead atoms. The van der Waals surface area contributed by atoms with Gasteiger partial charge >= 0.3 is 0 Å². The van der Waals surface area contributed by atoms with E-state index in [9.17, 15) is 4.79 Å². The average molecular weight is 706 g/mol. The summed E-state index contributed by atoms with van der Waals surface area (Å²) in [7, 11) is -1.56. The van der Waals surface area contributed by atoms with Crippen LogP contribution in [0.25, 0.3) is 0 Å². The summed E-state index contributed by atoms with van der Waals surface area (Å²) in [5, 5.41) is 2.88. The first kappa shape index (κ1) is 46.1. The maximum absolute atomic E-state index is 11.9. The van der Waals surface area contributed by atoms with Crippen LogP contribution >= 0.6 is 0 Å². The Morgan fingerprint density at radius 1 is 0.979 bits per heavy atom. The van der Waals surface area contributed by atoms with Gasteiger partial charge in [0.15, 0.2) is 8.32 Å². The SMILES string of the molecule is C=C[C@@H](OCOC)[C@@H](CC/C=C/C=C(\C)C[C@@H](OCOCC[Si](C)(C)C)[C@H](C)/C=C(C)/C=C/NC(=O)C=C(C)C)O[Si](C)(C)C(C)(C)C. The largest absolute Gasteiger partial charge is 0.411 e. The van der Waals surface area contributed by atoms with Gasteiger partial charge in [-0.2, -0.15) is 0 Å². The molecule has 0 aliphatic carbocycles. The summed E-state index contributed by atoms with van der Waals surface area (Å²) in [6.45, 7) is 33.7. The highest BCUT2D eigenvalue weighted by Crippen LogP contribution is 2.38. The first-order valence-electron chi connectivity index (χ1n) is 17.4. The van der Waals surface area contributed by atoms with Crippen molar-refractivity contribution >= 4 is 22.3 Å². The lowest BCUT2D eigenvalue weighted by atomic mass is 9.95. The number of amides is 1. The first-order chi connectivity index (χ1) is 22.2. The topological polar surface area (TPSA) is 75.3 Å². The number of rotatable bonds is 24. The molecule has 9 heteroatoms. The molecule has 0 spiro atoms. The third-order valence-corrected chi connectivity index (χ3v) is 14.6. The van der Waals surface area contributed by atoms with Crippen LogP contribution in [-0.4, -0.2) is 67.9 Å². The fourth-order valence-corrected chi connectivity index (χ4v) is 6.52. The second kappa shape index (κ2) is 23.5. The smallest absolute Gasteiger partial charge is 0.247 e. The zero-order valence-electron chi connectivity index (χ0n) is 33.0. The second-order valence-electron chi connectivity index (χ2n) is 15.8. The van der Waals surface area contributed by atoms with E-state index in [1.54, 1.807) is 19.4 Å². The molecule has 0 saturated heterocycles. The van der Waals surface area contributed by atoms with E-state index in [1.165, 1.54) is 5.57 Å². The minimum atomic E-state index is -2.02. The van der Waals surface area contributed by atoms with Gasteiger partial charge in [-0.15, -0.1) is 6.58 Å². The van der Waals surface area contributed by atoms with Crippen molar-refractivity contribution in [3.8, 4) is 0 Å². The van der Waals surface area contributed by atoms with Gasteiger partial charge in [0.2, 0.25) is 5.91 Å². The minimum absolute atomic E-state index is 0.0567. The van der Waals surface area contributed by atoms with Gasteiger partial charge in [-0.05, 0) is 77.2 Å². The van der Waals surface area contributed by atoms with Crippen molar-refractivity contribution < 1.29 is 28.2 Å². The molecule has 0 aromatic carbocycles. The summed E-state index contributed by atoms with van der Waals surface area (Å²) in [4.78, 5) is 11.9. The van der Waals surface area contributed by atoms with Crippen molar-refractivity contribution in [3.05, 3.63) is 72.0 Å². The summed E-state index contributed by atoms with van der Waals surface area (Å²) in [6.07, 6.45) is 17.7. The molecule has 0 aromatic rings. The van der Waals surface area contributed by atoms with Crippen LogP contribution in [0.2, 0.25) is 43.8 Å². The summed E-state index contributed by atoms with van der Waals surface area (Å²) in [5.41, 5.74) is 3.24. The van der Waals surface area contributed by atoms with E-state index in [1.807, 2.05) is 32.9 Å². The van der Waals surface area contributed by atoms with E-state index in [0.29, 0.717) is 0 Å². The Balaban J connectivity index is 5.62. The molecule has 0 aromatic heterocycles. The third-order valence-electron chi connectivity index (χ3n) is 8.35. The van der Waals surface area contributed by atoms with Crippen LogP contribution in [0, 0.1) is 5.92 Å². The van der Waals surface area contributed by atoms with Crippen molar-refractivity contribution in [2.75, 3.05) is 27.3 Å². The molecule has 0 aliphatic heterocycles. The Morgan fingerprint density at radius 3 is 2.21 bits per heavy atom. The van der Waals surface area contributed by atoms with Gasteiger partial charge in [-0.25, -0.2) is 0 Å². The highest BCUT2D eigenvalue weighted by molar-refractivity contribution is 6.76.